The van der Waals surface area contributed by atoms with Gasteiger partial charge in [-0.3, -0.25) is 14.9 Å². The third-order valence-corrected chi connectivity index (χ3v) is 4.74. The smallest absolute Gasteiger partial charge is 0.323 e. The number of carboxylic acids is 1. The van der Waals surface area contributed by atoms with E-state index >= 15 is 0 Å². The quantitative estimate of drug-likeness (QED) is 0.781. The van der Waals surface area contributed by atoms with E-state index in [1.54, 1.807) is 18.7 Å². The monoisotopic (exact) mass is 284 g/mol. The summed E-state index contributed by atoms with van der Waals surface area (Å²) in [6.07, 6.45) is 4.87. The molecule has 0 saturated heterocycles. The van der Waals surface area contributed by atoms with Crippen molar-refractivity contribution in [2.45, 2.75) is 64.5 Å². The molecule has 5 heteroatoms. The van der Waals surface area contributed by atoms with Gasteiger partial charge in [-0.15, -0.1) is 0 Å². The Morgan fingerprint density at radius 2 is 1.85 bits per heavy atom. The fourth-order valence-corrected chi connectivity index (χ4v) is 2.58. The third kappa shape index (κ3) is 4.20. The number of hydrogen-bond donors (Lipinski definition) is 2. The van der Waals surface area contributed by atoms with E-state index < -0.39 is 11.5 Å². The summed E-state index contributed by atoms with van der Waals surface area (Å²) in [5, 5.41) is 12.1. The molecule has 1 atom stereocenters. The molecule has 0 aromatic heterocycles. The zero-order chi connectivity index (χ0) is 15.3. The molecule has 0 radical (unpaired) electrons. The molecule has 1 fully saturated rings. The van der Waals surface area contributed by atoms with Crippen LogP contribution in [0.5, 0.6) is 0 Å². The number of rotatable bonds is 6. The summed E-state index contributed by atoms with van der Waals surface area (Å²) in [6, 6.07) is 0.304. The summed E-state index contributed by atoms with van der Waals surface area (Å²) in [5.74, 6) is -0.185. The highest BCUT2D eigenvalue weighted by Gasteiger charge is 2.32. The molecular weight excluding hydrogens is 256 g/mol. The van der Waals surface area contributed by atoms with E-state index in [-0.39, 0.29) is 12.5 Å². The number of carbonyl (C=O) groups is 2. The fourth-order valence-electron chi connectivity index (χ4n) is 2.58. The number of carboxylic acid groups (broad SMARTS) is 1. The van der Waals surface area contributed by atoms with Gasteiger partial charge in [0.1, 0.15) is 5.54 Å². The van der Waals surface area contributed by atoms with Crippen LogP contribution in [-0.2, 0) is 9.59 Å². The SMILES string of the molecule is CCC(C)(NCC(=O)N(C)C1CCC(C)CC1)C(=O)O. The summed E-state index contributed by atoms with van der Waals surface area (Å²) in [4.78, 5) is 25.2. The van der Waals surface area contributed by atoms with Crippen molar-refractivity contribution in [3.63, 3.8) is 0 Å². The van der Waals surface area contributed by atoms with E-state index in [1.165, 1.54) is 0 Å². The Labute approximate surface area is 121 Å². The van der Waals surface area contributed by atoms with Crippen molar-refractivity contribution in [3.8, 4) is 0 Å². The van der Waals surface area contributed by atoms with Gasteiger partial charge in [0.15, 0.2) is 0 Å². The molecule has 0 aromatic carbocycles. The molecule has 0 aliphatic heterocycles. The molecule has 1 aliphatic carbocycles. The molecule has 1 unspecified atom stereocenters. The van der Waals surface area contributed by atoms with Crippen molar-refractivity contribution in [2.75, 3.05) is 13.6 Å². The van der Waals surface area contributed by atoms with Crippen LogP contribution in [0.2, 0.25) is 0 Å². The van der Waals surface area contributed by atoms with E-state index in [4.69, 9.17) is 0 Å². The number of nitrogens with zero attached hydrogens (tertiary/aromatic N) is 1. The summed E-state index contributed by atoms with van der Waals surface area (Å²) in [5.41, 5.74) is -1.03. The van der Waals surface area contributed by atoms with E-state index in [9.17, 15) is 14.7 Å². The first-order valence-electron chi connectivity index (χ1n) is 7.54. The van der Waals surface area contributed by atoms with Crippen LogP contribution < -0.4 is 5.32 Å². The average Bonchev–Trinajstić information content (AvgIpc) is 2.44. The highest BCUT2D eigenvalue weighted by molar-refractivity contribution is 5.82. The van der Waals surface area contributed by atoms with Crippen molar-refractivity contribution < 1.29 is 14.7 Å². The Hall–Kier alpha value is -1.10. The molecular formula is C15H28N2O3. The maximum Gasteiger partial charge on any atom is 0.323 e. The predicted molar refractivity (Wildman–Crippen MR) is 78.5 cm³/mol. The normalized spacial score (nSPS) is 25.8. The Morgan fingerprint density at radius 1 is 1.30 bits per heavy atom. The minimum atomic E-state index is -1.03. The lowest BCUT2D eigenvalue weighted by Crippen LogP contribution is -2.53. The lowest BCUT2D eigenvalue weighted by molar-refractivity contribution is -0.144. The predicted octanol–water partition coefficient (Wildman–Crippen LogP) is 1.87. The second kappa shape index (κ2) is 7.07. The van der Waals surface area contributed by atoms with Crippen LogP contribution in [0.1, 0.15) is 52.9 Å². The summed E-state index contributed by atoms with van der Waals surface area (Å²) in [6.45, 7) is 5.75. The molecule has 0 spiro atoms. The number of carbonyl (C=O) groups excluding carboxylic acids is 1. The third-order valence-electron chi connectivity index (χ3n) is 4.74. The van der Waals surface area contributed by atoms with Crippen LogP contribution in [0.3, 0.4) is 0 Å². The average molecular weight is 284 g/mol. The number of likely N-dealkylation sites (N-methyl/N-ethyl adjacent to an activating group) is 1. The molecule has 20 heavy (non-hydrogen) atoms. The Morgan fingerprint density at radius 3 is 2.30 bits per heavy atom. The maximum absolute atomic E-state index is 12.2. The molecule has 1 aliphatic rings. The molecule has 1 rings (SSSR count). The van der Waals surface area contributed by atoms with Gasteiger partial charge in [0.25, 0.3) is 0 Å². The van der Waals surface area contributed by atoms with Crippen LogP contribution in [0.4, 0.5) is 0 Å². The first-order chi connectivity index (χ1) is 9.30. The van der Waals surface area contributed by atoms with Crippen LogP contribution in [0, 0.1) is 5.92 Å². The van der Waals surface area contributed by atoms with Gasteiger partial charge in [0.2, 0.25) is 5.91 Å². The Balaban J connectivity index is 2.48. The van der Waals surface area contributed by atoms with Gasteiger partial charge in [0.05, 0.1) is 6.54 Å². The number of hydrogen-bond acceptors (Lipinski definition) is 3. The number of nitrogens with one attached hydrogen (secondary N) is 1. The van der Waals surface area contributed by atoms with Crippen LogP contribution >= 0.6 is 0 Å². The van der Waals surface area contributed by atoms with E-state index in [0.717, 1.165) is 31.6 Å². The van der Waals surface area contributed by atoms with Gasteiger partial charge in [-0.25, -0.2) is 0 Å². The number of aliphatic carboxylic acids is 1. The largest absolute Gasteiger partial charge is 0.480 e. The second-order valence-corrected chi connectivity index (χ2v) is 6.26. The van der Waals surface area contributed by atoms with Gasteiger partial charge in [-0.2, -0.15) is 0 Å². The lowest BCUT2D eigenvalue weighted by atomic mass is 9.87. The highest BCUT2D eigenvalue weighted by Crippen LogP contribution is 2.26. The fraction of sp³-hybridized carbons (Fsp3) is 0.867. The summed E-state index contributed by atoms with van der Waals surface area (Å²) >= 11 is 0. The van der Waals surface area contributed by atoms with Gasteiger partial charge in [-0.05, 0) is 44.9 Å². The van der Waals surface area contributed by atoms with Crippen molar-refractivity contribution >= 4 is 11.9 Å². The van der Waals surface area contributed by atoms with Crippen molar-refractivity contribution in [1.29, 1.82) is 0 Å². The first kappa shape index (κ1) is 17.0. The van der Waals surface area contributed by atoms with E-state index in [2.05, 4.69) is 12.2 Å². The van der Waals surface area contributed by atoms with Crippen molar-refractivity contribution in [3.05, 3.63) is 0 Å². The zero-order valence-electron chi connectivity index (χ0n) is 13.1. The molecule has 5 nitrogen and oxygen atoms in total. The zero-order valence-corrected chi connectivity index (χ0v) is 13.1. The minimum absolute atomic E-state index is 0.0227. The van der Waals surface area contributed by atoms with Crippen molar-refractivity contribution in [2.24, 2.45) is 5.92 Å². The van der Waals surface area contributed by atoms with Gasteiger partial charge in [0, 0.05) is 13.1 Å². The molecule has 1 amide bonds. The summed E-state index contributed by atoms with van der Waals surface area (Å²) in [7, 11) is 1.83. The molecule has 1 saturated carbocycles. The van der Waals surface area contributed by atoms with Crippen LogP contribution in [0.25, 0.3) is 0 Å². The molecule has 0 aromatic rings. The topological polar surface area (TPSA) is 69.6 Å². The molecule has 0 heterocycles. The molecule has 116 valence electrons. The molecule has 2 N–H and O–H groups in total. The van der Waals surface area contributed by atoms with Crippen LogP contribution in [0.15, 0.2) is 0 Å². The lowest BCUT2D eigenvalue weighted by Gasteiger charge is -2.34. The second-order valence-electron chi connectivity index (χ2n) is 6.26. The van der Waals surface area contributed by atoms with Crippen LogP contribution in [-0.4, -0.2) is 47.1 Å². The van der Waals surface area contributed by atoms with Crippen molar-refractivity contribution in [1.82, 2.24) is 10.2 Å². The van der Waals surface area contributed by atoms with Gasteiger partial charge >= 0.3 is 5.97 Å². The summed E-state index contributed by atoms with van der Waals surface area (Å²) < 4.78 is 0. The van der Waals surface area contributed by atoms with E-state index in [1.807, 2.05) is 7.05 Å². The Bertz CT molecular complexity index is 351. The first-order valence-corrected chi connectivity index (χ1v) is 7.54. The maximum atomic E-state index is 12.2. The number of amides is 1. The highest BCUT2D eigenvalue weighted by atomic mass is 16.4. The Kier molecular flexibility index (Phi) is 5.99. The van der Waals surface area contributed by atoms with E-state index in [0.29, 0.717) is 12.5 Å². The minimum Gasteiger partial charge on any atom is -0.480 e. The van der Waals surface area contributed by atoms with Gasteiger partial charge < -0.3 is 10.0 Å². The standard InChI is InChI=1S/C15H28N2O3/c1-5-15(3,14(19)20)16-10-13(18)17(4)12-8-6-11(2)7-9-12/h11-12,16H,5-10H2,1-4H3,(H,19,20). The van der Waals surface area contributed by atoms with Gasteiger partial charge in [-0.1, -0.05) is 13.8 Å². The molecule has 0 bridgehead atoms.